The van der Waals surface area contributed by atoms with E-state index in [1.165, 1.54) is 60.7 Å². The van der Waals surface area contributed by atoms with Crippen molar-refractivity contribution in [2.45, 2.75) is 29.7 Å². The van der Waals surface area contributed by atoms with Crippen LogP contribution >= 0.6 is 0 Å². The molecule has 0 fully saturated rings. The number of benzene rings is 3. The number of hydrogen-bond donors (Lipinski definition) is 0. The summed E-state index contributed by atoms with van der Waals surface area (Å²) in [5.74, 6) is -3.43. The summed E-state index contributed by atoms with van der Waals surface area (Å²) in [7, 11) is -3.65. The van der Waals surface area contributed by atoms with Gasteiger partial charge in [0.2, 0.25) is 5.82 Å². The van der Waals surface area contributed by atoms with Gasteiger partial charge < -0.3 is 0 Å². The Morgan fingerprint density at radius 1 is 0.810 bits per heavy atom. The summed E-state index contributed by atoms with van der Waals surface area (Å²) in [5, 5.41) is 6.78. The summed E-state index contributed by atoms with van der Waals surface area (Å²) in [6.45, 7) is 0. The van der Waals surface area contributed by atoms with E-state index in [4.69, 9.17) is 0 Å². The van der Waals surface area contributed by atoms with Gasteiger partial charge in [0.05, 0.1) is 16.2 Å². The summed E-state index contributed by atoms with van der Waals surface area (Å²) in [6, 6.07) is 16.8. The molecule has 4 rings (SSSR count). The Labute approximate surface area is 235 Å². The van der Waals surface area contributed by atoms with Gasteiger partial charge >= 0.3 is 12.4 Å². The van der Waals surface area contributed by atoms with Crippen molar-refractivity contribution >= 4 is 21.4 Å². The van der Waals surface area contributed by atoms with Crippen LogP contribution in [0.1, 0.15) is 22.6 Å². The quantitative estimate of drug-likeness (QED) is 0.117. The Morgan fingerprint density at radius 2 is 1.38 bits per heavy atom. The standard InChI is InChI=1S/C28H20F6N4O3S/c1-42(40,41)20-14-12-19(13-15-20)24-23(18-10-6-3-7-11-18)25(36-26(35-24)28(32,33)34)38-37-22(27(29,30)31)16-21(39)17-8-4-2-5-9-17/h2-15,22H,16H2,1H3. The number of ketones is 1. The molecule has 0 bridgehead atoms. The highest BCUT2D eigenvalue weighted by Crippen LogP contribution is 2.41. The molecule has 4 aromatic rings. The van der Waals surface area contributed by atoms with Gasteiger partial charge in [-0.2, -0.15) is 31.5 Å². The number of alkyl halides is 6. The van der Waals surface area contributed by atoms with Gasteiger partial charge in [0.25, 0.3) is 0 Å². The van der Waals surface area contributed by atoms with Gasteiger partial charge in [0, 0.05) is 23.8 Å². The smallest absolute Gasteiger partial charge is 0.294 e. The molecule has 14 heteroatoms. The van der Waals surface area contributed by atoms with E-state index >= 15 is 0 Å². The molecule has 3 aromatic carbocycles. The number of azo groups is 1. The summed E-state index contributed by atoms with van der Waals surface area (Å²) in [6.07, 6.45) is -10.4. The minimum atomic E-state index is -5.13. The molecule has 0 radical (unpaired) electrons. The Balaban J connectivity index is 1.90. The first-order valence-corrected chi connectivity index (χ1v) is 13.9. The Hall–Kier alpha value is -4.46. The number of halogens is 6. The molecule has 0 aliphatic carbocycles. The molecule has 42 heavy (non-hydrogen) atoms. The fourth-order valence-corrected chi connectivity index (χ4v) is 4.48. The predicted octanol–water partition coefficient (Wildman–Crippen LogP) is 7.52. The summed E-state index contributed by atoms with van der Waals surface area (Å²) >= 11 is 0. The first kappa shape index (κ1) is 30.5. The molecule has 1 heterocycles. The lowest BCUT2D eigenvalue weighted by molar-refractivity contribution is -0.147. The molecule has 1 aromatic heterocycles. The van der Waals surface area contributed by atoms with E-state index in [1.807, 2.05) is 0 Å². The van der Waals surface area contributed by atoms with Gasteiger partial charge in [-0.3, -0.25) is 4.79 Å². The number of nitrogens with zero attached hydrogens (tertiary/aromatic N) is 4. The molecule has 1 atom stereocenters. The van der Waals surface area contributed by atoms with Crippen molar-refractivity contribution in [2.24, 2.45) is 10.2 Å². The number of aromatic nitrogens is 2. The zero-order valence-corrected chi connectivity index (χ0v) is 22.4. The van der Waals surface area contributed by atoms with E-state index < -0.39 is 52.1 Å². The summed E-state index contributed by atoms with van der Waals surface area (Å²) in [5.41, 5.74) is -0.354. The summed E-state index contributed by atoms with van der Waals surface area (Å²) < 4.78 is 107. The highest BCUT2D eigenvalue weighted by Gasteiger charge is 2.42. The van der Waals surface area contributed by atoms with Gasteiger partial charge in [0.15, 0.2) is 27.5 Å². The average molecular weight is 607 g/mol. The van der Waals surface area contributed by atoms with Crippen molar-refractivity contribution in [1.29, 1.82) is 0 Å². The molecule has 0 saturated heterocycles. The third kappa shape index (κ3) is 7.24. The predicted molar refractivity (Wildman–Crippen MR) is 141 cm³/mol. The number of carbonyl (C=O) groups excluding carboxylic acids is 1. The second-order valence-electron chi connectivity index (χ2n) is 9.02. The third-order valence-electron chi connectivity index (χ3n) is 5.91. The van der Waals surface area contributed by atoms with Gasteiger partial charge in [-0.05, 0) is 17.7 Å². The molecule has 0 saturated carbocycles. The first-order chi connectivity index (χ1) is 19.6. The molecule has 0 spiro atoms. The Bertz CT molecular complexity index is 1710. The molecule has 0 N–H and O–H groups in total. The van der Waals surface area contributed by atoms with Crippen LogP contribution in [0.3, 0.4) is 0 Å². The minimum absolute atomic E-state index is 0.00635. The minimum Gasteiger partial charge on any atom is -0.294 e. The molecule has 7 nitrogen and oxygen atoms in total. The monoisotopic (exact) mass is 606 g/mol. The van der Waals surface area contributed by atoms with Crippen molar-refractivity contribution in [3.63, 3.8) is 0 Å². The maximum absolute atomic E-state index is 13.9. The van der Waals surface area contributed by atoms with Crippen molar-refractivity contribution in [3.8, 4) is 22.4 Å². The first-order valence-electron chi connectivity index (χ1n) is 12.1. The van der Waals surface area contributed by atoms with Crippen LogP contribution in [0.2, 0.25) is 0 Å². The number of Topliss-reactive ketones (excluding diaryl/α,β-unsaturated/α-hetero) is 1. The van der Waals surface area contributed by atoms with Gasteiger partial charge in [-0.1, -0.05) is 72.8 Å². The largest absolute Gasteiger partial charge is 0.451 e. The van der Waals surface area contributed by atoms with Gasteiger partial charge in [-0.15, -0.1) is 5.11 Å². The highest BCUT2D eigenvalue weighted by atomic mass is 32.2. The molecule has 0 aliphatic heterocycles. The molecule has 1 unspecified atom stereocenters. The van der Waals surface area contributed by atoms with Crippen molar-refractivity contribution in [3.05, 3.63) is 96.3 Å². The van der Waals surface area contributed by atoms with Gasteiger partial charge in [-0.25, -0.2) is 18.4 Å². The lowest BCUT2D eigenvalue weighted by Crippen LogP contribution is -2.29. The van der Waals surface area contributed by atoms with Crippen molar-refractivity contribution < 1.29 is 39.6 Å². The molecular weight excluding hydrogens is 586 g/mol. The van der Waals surface area contributed by atoms with Crippen LogP contribution in [0.4, 0.5) is 32.2 Å². The van der Waals surface area contributed by atoms with E-state index in [0.29, 0.717) is 0 Å². The van der Waals surface area contributed by atoms with Crippen LogP contribution in [-0.2, 0) is 16.0 Å². The molecular formula is C28H20F6N4O3S. The SMILES string of the molecule is CS(=O)(=O)c1ccc(-c2nc(C(F)(F)F)nc(N=NC(CC(=O)c3ccccc3)C(F)(F)F)c2-c2ccccc2)cc1. The number of rotatable bonds is 8. The third-order valence-corrected chi connectivity index (χ3v) is 7.03. The number of carbonyl (C=O) groups is 1. The van der Waals surface area contributed by atoms with Crippen molar-refractivity contribution in [1.82, 2.24) is 9.97 Å². The number of hydrogen-bond acceptors (Lipinski definition) is 7. The molecule has 0 aliphatic rings. The van der Waals surface area contributed by atoms with Crippen LogP contribution in [-0.4, -0.2) is 42.6 Å². The fourth-order valence-electron chi connectivity index (χ4n) is 3.85. The van der Waals surface area contributed by atoms with Crippen LogP contribution in [0.15, 0.2) is 100 Å². The fraction of sp³-hybridized carbons (Fsp3) is 0.179. The number of sulfone groups is 1. The topological polar surface area (TPSA) is 102 Å². The van der Waals surface area contributed by atoms with E-state index in [2.05, 4.69) is 20.2 Å². The normalized spacial score (nSPS) is 13.3. The second kappa shape index (κ2) is 11.8. The second-order valence-corrected chi connectivity index (χ2v) is 11.0. The van der Waals surface area contributed by atoms with Crippen LogP contribution in [0, 0.1) is 0 Å². The average Bonchev–Trinajstić information content (AvgIpc) is 2.94. The van der Waals surface area contributed by atoms with Crippen LogP contribution in [0.25, 0.3) is 22.4 Å². The zero-order chi connectivity index (χ0) is 30.7. The Morgan fingerprint density at radius 3 is 1.90 bits per heavy atom. The van der Waals surface area contributed by atoms with Crippen LogP contribution < -0.4 is 0 Å². The lowest BCUT2D eigenvalue weighted by atomic mass is 9.99. The summed E-state index contributed by atoms with van der Waals surface area (Å²) in [4.78, 5) is 19.4. The van der Waals surface area contributed by atoms with Gasteiger partial charge in [0.1, 0.15) is 0 Å². The van der Waals surface area contributed by atoms with E-state index in [1.54, 1.807) is 12.1 Å². The maximum atomic E-state index is 13.9. The zero-order valence-electron chi connectivity index (χ0n) is 21.6. The van der Waals surface area contributed by atoms with E-state index in [0.717, 1.165) is 18.4 Å². The molecule has 218 valence electrons. The lowest BCUT2D eigenvalue weighted by Gasteiger charge is -2.17. The van der Waals surface area contributed by atoms with E-state index in [9.17, 15) is 39.6 Å². The molecule has 0 amide bonds. The maximum Gasteiger partial charge on any atom is 0.451 e. The Kier molecular flexibility index (Phi) is 8.57. The van der Waals surface area contributed by atoms with E-state index in [-0.39, 0.29) is 32.8 Å². The highest BCUT2D eigenvalue weighted by molar-refractivity contribution is 7.90. The van der Waals surface area contributed by atoms with Crippen molar-refractivity contribution in [2.75, 3.05) is 6.26 Å². The van der Waals surface area contributed by atoms with Crippen LogP contribution in [0.5, 0.6) is 0 Å².